The van der Waals surface area contributed by atoms with Crippen molar-refractivity contribution >= 4 is 11.9 Å². The molecule has 5 nitrogen and oxygen atoms in total. The third-order valence-electron chi connectivity index (χ3n) is 2.44. The number of hydrogen-bond acceptors (Lipinski definition) is 5. The molecule has 0 heterocycles. The van der Waals surface area contributed by atoms with Gasteiger partial charge in [0.25, 0.3) is 0 Å². The summed E-state index contributed by atoms with van der Waals surface area (Å²) < 4.78 is 9.54. The number of rotatable bonds is 7. The maximum Gasteiger partial charge on any atom is 0.330 e. The fourth-order valence-electron chi connectivity index (χ4n) is 1.35. The van der Waals surface area contributed by atoms with E-state index in [9.17, 15) is 14.9 Å². The lowest BCUT2D eigenvalue weighted by Crippen LogP contribution is -2.21. The number of allylic oxidation sites excluding steroid dienone is 1. The highest BCUT2D eigenvalue weighted by Gasteiger charge is 2.29. The van der Waals surface area contributed by atoms with Crippen molar-refractivity contribution in [1.82, 2.24) is 0 Å². The molecule has 0 rings (SSSR count). The minimum absolute atomic E-state index is 0.0657. The average Bonchev–Trinajstić information content (AvgIpc) is 2.35. The Morgan fingerprint density at radius 3 is 2.28 bits per heavy atom. The van der Waals surface area contributed by atoms with E-state index in [1.54, 1.807) is 20.8 Å². The molecule has 0 fully saturated rings. The van der Waals surface area contributed by atoms with E-state index in [1.165, 1.54) is 12.2 Å². The Labute approximate surface area is 107 Å². The van der Waals surface area contributed by atoms with Gasteiger partial charge in [-0.05, 0) is 20.3 Å². The third kappa shape index (κ3) is 5.48. The molecule has 0 unspecified atom stereocenters. The summed E-state index contributed by atoms with van der Waals surface area (Å²) in [6.07, 6.45) is 2.96. The van der Waals surface area contributed by atoms with Gasteiger partial charge in [-0.1, -0.05) is 13.0 Å². The highest BCUT2D eigenvalue weighted by atomic mass is 16.5. The SMILES string of the molecule is CCOC(=O)/C=C/[C@@](C#N)(CC)CC(=O)OCC. The number of carbonyl (C=O) groups is 2. The van der Waals surface area contributed by atoms with E-state index in [0.29, 0.717) is 6.42 Å². The van der Waals surface area contributed by atoms with Gasteiger partial charge in [0.05, 0.1) is 31.1 Å². The van der Waals surface area contributed by atoms with E-state index in [0.717, 1.165) is 0 Å². The van der Waals surface area contributed by atoms with Crippen molar-refractivity contribution in [2.45, 2.75) is 33.6 Å². The van der Waals surface area contributed by atoms with Crippen LogP contribution in [0.15, 0.2) is 12.2 Å². The first-order chi connectivity index (χ1) is 8.53. The van der Waals surface area contributed by atoms with Gasteiger partial charge in [-0.2, -0.15) is 5.26 Å². The van der Waals surface area contributed by atoms with Gasteiger partial charge >= 0.3 is 11.9 Å². The van der Waals surface area contributed by atoms with Gasteiger partial charge in [-0.15, -0.1) is 0 Å². The number of ether oxygens (including phenoxy) is 2. The van der Waals surface area contributed by atoms with Crippen LogP contribution in [0.4, 0.5) is 0 Å². The van der Waals surface area contributed by atoms with Crippen molar-refractivity contribution < 1.29 is 19.1 Å². The van der Waals surface area contributed by atoms with Gasteiger partial charge < -0.3 is 9.47 Å². The smallest absolute Gasteiger partial charge is 0.330 e. The van der Waals surface area contributed by atoms with Gasteiger partial charge in [0.1, 0.15) is 0 Å². The van der Waals surface area contributed by atoms with Crippen molar-refractivity contribution in [1.29, 1.82) is 5.26 Å². The molecule has 0 saturated heterocycles. The zero-order chi connectivity index (χ0) is 14.0. The predicted molar refractivity (Wildman–Crippen MR) is 65.4 cm³/mol. The van der Waals surface area contributed by atoms with E-state index >= 15 is 0 Å². The molecule has 0 aliphatic rings. The first-order valence-electron chi connectivity index (χ1n) is 5.96. The molecule has 0 radical (unpaired) electrons. The molecule has 0 aromatic rings. The second-order valence-electron chi connectivity index (χ2n) is 3.69. The molecular formula is C13H19NO4. The minimum Gasteiger partial charge on any atom is -0.466 e. The number of carbonyl (C=O) groups excluding carboxylic acids is 2. The van der Waals surface area contributed by atoms with Crippen molar-refractivity contribution in [2.75, 3.05) is 13.2 Å². The van der Waals surface area contributed by atoms with E-state index in [-0.39, 0.29) is 19.6 Å². The second kappa shape index (κ2) is 8.29. The van der Waals surface area contributed by atoms with Crippen LogP contribution in [0, 0.1) is 16.7 Å². The van der Waals surface area contributed by atoms with Crippen LogP contribution in [-0.4, -0.2) is 25.2 Å². The zero-order valence-electron chi connectivity index (χ0n) is 11.1. The molecule has 18 heavy (non-hydrogen) atoms. The summed E-state index contributed by atoms with van der Waals surface area (Å²) in [7, 11) is 0. The monoisotopic (exact) mass is 253 g/mol. The normalized spacial score (nSPS) is 13.7. The Morgan fingerprint density at radius 1 is 1.22 bits per heavy atom. The molecule has 0 spiro atoms. The molecule has 5 heteroatoms. The molecule has 0 amide bonds. The number of nitriles is 1. The van der Waals surface area contributed by atoms with Crippen molar-refractivity contribution in [3.63, 3.8) is 0 Å². The fraction of sp³-hybridized carbons (Fsp3) is 0.615. The molecule has 0 aliphatic carbocycles. The first-order valence-corrected chi connectivity index (χ1v) is 5.96. The van der Waals surface area contributed by atoms with Crippen LogP contribution in [0.5, 0.6) is 0 Å². The van der Waals surface area contributed by atoms with E-state index in [4.69, 9.17) is 9.47 Å². The third-order valence-corrected chi connectivity index (χ3v) is 2.44. The highest BCUT2D eigenvalue weighted by molar-refractivity contribution is 5.82. The molecule has 0 aromatic carbocycles. The van der Waals surface area contributed by atoms with E-state index in [1.807, 2.05) is 0 Å². The van der Waals surface area contributed by atoms with Gasteiger partial charge in [-0.25, -0.2) is 4.79 Å². The van der Waals surface area contributed by atoms with Crippen LogP contribution < -0.4 is 0 Å². The Bertz CT molecular complexity index is 356. The minimum atomic E-state index is -1.01. The van der Waals surface area contributed by atoms with Crippen LogP contribution in [0.3, 0.4) is 0 Å². The summed E-state index contributed by atoms with van der Waals surface area (Å²) in [5.41, 5.74) is -1.01. The number of esters is 2. The topological polar surface area (TPSA) is 76.4 Å². The largest absolute Gasteiger partial charge is 0.466 e. The van der Waals surface area contributed by atoms with Crippen molar-refractivity contribution in [3.8, 4) is 6.07 Å². The van der Waals surface area contributed by atoms with Crippen molar-refractivity contribution in [2.24, 2.45) is 5.41 Å². The van der Waals surface area contributed by atoms with Gasteiger partial charge in [0.15, 0.2) is 0 Å². The molecule has 1 atom stereocenters. The Balaban J connectivity index is 4.77. The zero-order valence-corrected chi connectivity index (χ0v) is 11.1. The van der Waals surface area contributed by atoms with Gasteiger partial charge in [0, 0.05) is 6.08 Å². The number of hydrogen-bond donors (Lipinski definition) is 0. The lowest BCUT2D eigenvalue weighted by atomic mass is 9.83. The maximum atomic E-state index is 11.4. The first kappa shape index (κ1) is 16.2. The maximum absolute atomic E-state index is 11.4. The summed E-state index contributed by atoms with van der Waals surface area (Å²) in [6.45, 7) is 5.71. The standard InChI is InChI=1S/C13H19NO4/c1-4-13(10-14,9-12(16)18-6-3)8-7-11(15)17-5-2/h7-8H,4-6,9H2,1-3H3/b8-7+/t13-/m0/s1. The van der Waals surface area contributed by atoms with Crippen molar-refractivity contribution in [3.05, 3.63) is 12.2 Å². The molecule has 0 aromatic heterocycles. The second-order valence-corrected chi connectivity index (χ2v) is 3.69. The molecule has 0 saturated carbocycles. The molecule has 0 N–H and O–H groups in total. The van der Waals surface area contributed by atoms with Gasteiger partial charge in [0.2, 0.25) is 0 Å². The van der Waals surface area contributed by atoms with E-state index < -0.39 is 17.4 Å². The number of nitrogens with zero attached hydrogens (tertiary/aromatic N) is 1. The summed E-state index contributed by atoms with van der Waals surface area (Å²) in [5, 5.41) is 9.18. The summed E-state index contributed by atoms with van der Waals surface area (Å²) in [5.74, 6) is -0.969. The highest BCUT2D eigenvalue weighted by Crippen LogP contribution is 2.28. The summed E-state index contributed by atoms with van der Waals surface area (Å²) in [4.78, 5) is 22.6. The fourth-order valence-corrected chi connectivity index (χ4v) is 1.35. The van der Waals surface area contributed by atoms with Gasteiger partial charge in [-0.3, -0.25) is 4.79 Å². The van der Waals surface area contributed by atoms with Crippen LogP contribution >= 0.6 is 0 Å². The Hall–Kier alpha value is -1.83. The van der Waals surface area contributed by atoms with Crippen LogP contribution in [-0.2, 0) is 19.1 Å². The van der Waals surface area contributed by atoms with Crippen LogP contribution in [0.2, 0.25) is 0 Å². The average molecular weight is 253 g/mol. The Morgan fingerprint density at radius 2 is 1.83 bits per heavy atom. The quantitative estimate of drug-likeness (QED) is 0.512. The van der Waals surface area contributed by atoms with E-state index in [2.05, 4.69) is 6.07 Å². The summed E-state index contributed by atoms with van der Waals surface area (Å²) in [6, 6.07) is 2.06. The lowest BCUT2D eigenvalue weighted by Gasteiger charge is -2.19. The molecule has 0 aliphatic heterocycles. The van der Waals surface area contributed by atoms with Crippen LogP contribution in [0.25, 0.3) is 0 Å². The molecule has 100 valence electrons. The Kier molecular flexibility index (Phi) is 7.45. The molecule has 0 bridgehead atoms. The predicted octanol–water partition coefficient (Wildman–Crippen LogP) is 1.98. The molecular weight excluding hydrogens is 234 g/mol. The summed E-state index contributed by atoms with van der Waals surface area (Å²) >= 11 is 0. The lowest BCUT2D eigenvalue weighted by molar-refractivity contribution is -0.144. The van der Waals surface area contributed by atoms with Crippen LogP contribution in [0.1, 0.15) is 33.6 Å².